The number of halogens is 2. The van der Waals surface area contributed by atoms with Crippen LogP contribution in [0.5, 0.6) is 0 Å². The van der Waals surface area contributed by atoms with E-state index in [1.807, 2.05) is 0 Å². The molecule has 0 radical (unpaired) electrons. The van der Waals surface area contributed by atoms with Crippen LogP contribution in [0.1, 0.15) is 53.9 Å². The van der Waals surface area contributed by atoms with Crippen molar-refractivity contribution in [1.29, 1.82) is 0 Å². The molecule has 0 saturated heterocycles. The summed E-state index contributed by atoms with van der Waals surface area (Å²) in [5.74, 6) is 1.34. The molecule has 0 nitrogen and oxygen atoms in total. The fraction of sp³-hybridized carbons (Fsp3) is 0.212. The second kappa shape index (κ2) is 12.0. The molecule has 37 heavy (non-hydrogen) atoms. The Labute approximate surface area is 253 Å². The van der Waals surface area contributed by atoms with E-state index in [4.69, 9.17) is 0 Å². The maximum absolute atomic E-state index is 4.11. The normalized spacial score (nSPS) is 15.4. The van der Waals surface area contributed by atoms with Gasteiger partial charge in [-0.1, -0.05) is 0 Å². The van der Waals surface area contributed by atoms with Crippen molar-refractivity contribution in [3.8, 4) is 22.3 Å². The van der Waals surface area contributed by atoms with E-state index < -0.39 is 0 Å². The van der Waals surface area contributed by atoms with Gasteiger partial charge in [-0.2, -0.15) is 0 Å². The average Bonchev–Trinajstić information content (AvgIpc) is 3.38. The molecule has 0 aliphatic heterocycles. The molecule has 0 saturated carbocycles. The van der Waals surface area contributed by atoms with Crippen LogP contribution in [-0.4, -0.2) is 11.0 Å². The topological polar surface area (TPSA) is 0 Å². The van der Waals surface area contributed by atoms with Crippen LogP contribution in [0.25, 0.3) is 22.3 Å². The number of rotatable bonds is 6. The van der Waals surface area contributed by atoms with Gasteiger partial charge >= 0.3 is 220 Å². The Morgan fingerprint density at radius 1 is 0.703 bits per heavy atom. The number of fused-ring (bicyclic) bond motifs is 6. The Hall–Kier alpha value is -1.70. The Kier molecular flexibility index (Phi) is 9.68. The third kappa shape index (κ3) is 4.80. The molecule has 0 amide bonds. The van der Waals surface area contributed by atoms with E-state index in [-0.39, 0.29) is 38.9 Å². The molecule has 2 aliphatic carbocycles. The summed E-state index contributed by atoms with van der Waals surface area (Å²) in [7, 11) is 0. The van der Waals surface area contributed by atoms with Crippen LogP contribution in [0.2, 0.25) is 3.12 Å². The predicted molar refractivity (Wildman–Crippen MR) is 150 cm³/mol. The second-order valence-electron chi connectivity index (χ2n) is 10.0. The summed E-state index contributed by atoms with van der Waals surface area (Å²) in [6.45, 7) is 6.67. The maximum atomic E-state index is 4.11. The summed E-state index contributed by atoms with van der Waals surface area (Å²) in [6, 6.07) is 36.5. The van der Waals surface area contributed by atoms with Gasteiger partial charge in [0.25, 0.3) is 0 Å². The molecular weight excluding hydrogens is 587 g/mol. The van der Waals surface area contributed by atoms with E-state index in [0.29, 0.717) is 17.8 Å². The van der Waals surface area contributed by atoms with E-state index in [1.165, 1.54) is 44.5 Å². The molecule has 4 aromatic rings. The van der Waals surface area contributed by atoms with Crippen molar-refractivity contribution in [1.82, 2.24) is 0 Å². The zero-order valence-electron chi connectivity index (χ0n) is 20.4. The summed E-state index contributed by atoms with van der Waals surface area (Å²) >= 11 is 1.61. The van der Waals surface area contributed by atoms with Gasteiger partial charge in [0.1, 0.15) is 0 Å². The monoisotopic (exact) mass is 617 g/mol. The van der Waals surface area contributed by atoms with Crippen molar-refractivity contribution < 1.29 is 49.5 Å². The van der Waals surface area contributed by atoms with Gasteiger partial charge in [-0.3, -0.25) is 0 Å². The van der Waals surface area contributed by atoms with Crippen molar-refractivity contribution in [3.05, 3.63) is 132 Å². The average molecular weight is 620 g/mol. The third-order valence-corrected chi connectivity index (χ3v) is 9.79. The Morgan fingerprint density at radius 2 is 1.05 bits per heavy atom. The summed E-state index contributed by atoms with van der Waals surface area (Å²) < 4.78 is 0.133. The minimum atomic E-state index is 0. The molecule has 0 aromatic heterocycles. The number of allylic oxidation sites excluding steroid dienone is 1. The molecule has 0 N–H and O–H groups in total. The SMILES string of the molecule is C=CCCC(C1c2ccccc2-c2ccccc21)[C](C)([Zr+2])C1c2ccccc2-c2ccccc21.[Cl-].[Cl-].[SiH4]. The van der Waals surface area contributed by atoms with Crippen molar-refractivity contribution in [3.63, 3.8) is 0 Å². The van der Waals surface area contributed by atoms with E-state index in [2.05, 4.69) is 117 Å². The molecule has 2 aliphatic rings. The fourth-order valence-corrected chi connectivity index (χ4v) is 8.28. The summed E-state index contributed by atoms with van der Waals surface area (Å²) in [5, 5.41) is 0. The first-order valence-electron chi connectivity index (χ1n) is 12.3. The van der Waals surface area contributed by atoms with Gasteiger partial charge in [-0.05, 0) is 11.0 Å². The second-order valence-corrected chi connectivity index (χ2v) is 12.7. The standard InChI is InChI=1S/C33H29.2ClH.H4Si.Zr/c1-3-4-13-23(33-30-20-11-7-16-26(30)27-17-8-12-21-31(27)33)22(2)32-28-18-9-5-14-24(28)25-15-6-10-19-29(25)32;;;;/h3,5-12,14-21,23,32-33H,1,4,13H2,2H3;2*1H;1H4;/q;;;;+2/p-2. The van der Waals surface area contributed by atoms with Crippen molar-refractivity contribution in [2.75, 3.05) is 0 Å². The zero-order chi connectivity index (χ0) is 23.3. The van der Waals surface area contributed by atoms with Gasteiger partial charge in [0.2, 0.25) is 0 Å². The van der Waals surface area contributed by atoms with Crippen LogP contribution >= 0.6 is 0 Å². The Balaban J connectivity index is 0.00000127. The molecule has 4 heteroatoms. The van der Waals surface area contributed by atoms with Crippen molar-refractivity contribution in [2.24, 2.45) is 5.92 Å². The molecule has 2 atom stereocenters. The summed E-state index contributed by atoms with van der Waals surface area (Å²) in [4.78, 5) is 0. The third-order valence-electron chi connectivity index (χ3n) is 8.17. The van der Waals surface area contributed by atoms with Crippen molar-refractivity contribution in [2.45, 2.75) is 34.7 Å². The van der Waals surface area contributed by atoms with Crippen LogP contribution in [0, 0.1) is 5.92 Å². The minimum absolute atomic E-state index is 0. The minimum Gasteiger partial charge on any atom is -1.00 e. The maximum Gasteiger partial charge on any atom is -0.0149 e. The number of hydrogen-bond donors (Lipinski definition) is 0. The Bertz CT molecular complexity index is 1310. The van der Waals surface area contributed by atoms with Gasteiger partial charge in [-0.25, -0.2) is 0 Å². The molecule has 6 rings (SSSR count). The molecule has 0 spiro atoms. The zero-order valence-corrected chi connectivity index (χ0v) is 24.4. The first kappa shape index (κ1) is 29.9. The molecule has 187 valence electrons. The molecule has 2 unspecified atom stereocenters. The summed E-state index contributed by atoms with van der Waals surface area (Å²) in [5.41, 5.74) is 11.7. The Morgan fingerprint density at radius 3 is 1.46 bits per heavy atom. The van der Waals surface area contributed by atoms with Crippen LogP contribution in [0.4, 0.5) is 0 Å². The predicted octanol–water partition coefficient (Wildman–Crippen LogP) is 1.48. The van der Waals surface area contributed by atoms with E-state index in [1.54, 1.807) is 24.7 Å². The van der Waals surface area contributed by atoms with Gasteiger partial charge in [0.15, 0.2) is 0 Å². The molecule has 0 bridgehead atoms. The van der Waals surface area contributed by atoms with E-state index in [0.717, 1.165) is 12.8 Å². The number of hydrogen-bond acceptors (Lipinski definition) is 0. The fourth-order valence-electron chi connectivity index (χ4n) is 6.75. The smallest absolute Gasteiger partial charge is 0.0149 e. The van der Waals surface area contributed by atoms with E-state index in [9.17, 15) is 0 Å². The van der Waals surface area contributed by atoms with Crippen LogP contribution in [0.15, 0.2) is 110 Å². The van der Waals surface area contributed by atoms with Gasteiger partial charge in [0, 0.05) is 0 Å². The van der Waals surface area contributed by atoms with Crippen LogP contribution in [0.3, 0.4) is 0 Å². The first-order valence-corrected chi connectivity index (χ1v) is 13.6. The molecule has 4 aromatic carbocycles. The largest absolute Gasteiger partial charge is 1.00 e. The van der Waals surface area contributed by atoms with Crippen LogP contribution < -0.4 is 24.8 Å². The van der Waals surface area contributed by atoms with Gasteiger partial charge in [0.05, 0.1) is 0 Å². The van der Waals surface area contributed by atoms with Gasteiger partial charge in [-0.15, -0.1) is 0 Å². The summed E-state index contributed by atoms with van der Waals surface area (Å²) in [6.07, 6.45) is 4.31. The first-order chi connectivity index (χ1) is 16.6. The van der Waals surface area contributed by atoms with Crippen molar-refractivity contribution >= 4 is 11.0 Å². The molecule has 0 heterocycles. The van der Waals surface area contributed by atoms with Gasteiger partial charge < -0.3 is 24.8 Å². The van der Waals surface area contributed by atoms with E-state index >= 15 is 0 Å². The quantitative estimate of drug-likeness (QED) is 0.227. The molecular formula is C33H33Cl2SiZr. The van der Waals surface area contributed by atoms with Crippen LogP contribution in [-0.2, 0) is 24.7 Å². The number of benzene rings is 4. The molecule has 0 fully saturated rings.